The summed E-state index contributed by atoms with van der Waals surface area (Å²) in [6.45, 7) is 3.97. The topological polar surface area (TPSA) is 48.3 Å². The van der Waals surface area contributed by atoms with Crippen molar-refractivity contribution >= 4 is 0 Å². The molecule has 1 saturated heterocycles. The summed E-state index contributed by atoms with van der Waals surface area (Å²) in [5.74, 6) is 1.27. The van der Waals surface area contributed by atoms with Gasteiger partial charge in [0, 0.05) is 20.3 Å². The molecule has 18 heavy (non-hydrogen) atoms. The first-order valence-corrected chi connectivity index (χ1v) is 7.05. The fraction of sp³-hybridized carbons (Fsp3) is 0.929. The molecule has 2 fully saturated rings. The Hall–Kier alpha value is -0.630. The monoisotopic (exact) mass is 251 g/mol. The normalized spacial score (nSPS) is 25.6. The molecule has 1 unspecified atom stereocenters. The number of methoxy groups -OCH3 is 1. The van der Waals surface area contributed by atoms with E-state index in [4.69, 9.17) is 4.74 Å². The summed E-state index contributed by atoms with van der Waals surface area (Å²) >= 11 is 0. The molecule has 4 nitrogen and oxygen atoms in total. The number of nitrogens with one attached hydrogen (secondary N) is 1. The molecule has 1 atom stereocenters. The summed E-state index contributed by atoms with van der Waals surface area (Å²) in [6, 6.07) is 2.53. The van der Waals surface area contributed by atoms with E-state index >= 15 is 0 Å². The maximum atomic E-state index is 9.49. The maximum Gasteiger partial charge on any atom is 0.122 e. The molecule has 1 aliphatic carbocycles. The fourth-order valence-electron chi connectivity index (χ4n) is 3.07. The average Bonchev–Trinajstić information content (AvgIpc) is 3.23. The number of piperidine rings is 1. The second-order valence-electron chi connectivity index (χ2n) is 5.78. The van der Waals surface area contributed by atoms with Crippen molar-refractivity contribution in [2.24, 2.45) is 11.8 Å². The zero-order valence-electron chi connectivity index (χ0n) is 11.6. The van der Waals surface area contributed by atoms with E-state index in [0.717, 1.165) is 26.2 Å². The molecular formula is C14H25N3O. The minimum absolute atomic E-state index is 0.311. The van der Waals surface area contributed by atoms with Gasteiger partial charge in [0.05, 0.1) is 6.07 Å². The maximum absolute atomic E-state index is 9.49. The molecule has 0 radical (unpaired) electrons. The van der Waals surface area contributed by atoms with Crippen LogP contribution in [0.1, 0.15) is 25.7 Å². The standard InChI is InChI=1S/C14H25N3O/c1-16-14(10-15,13-3-4-13)11-17-7-5-12(6-8-17)9-18-2/h12-13,16H,3-9,11H2,1-2H3. The smallest absolute Gasteiger partial charge is 0.122 e. The summed E-state index contributed by atoms with van der Waals surface area (Å²) in [6.07, 6.45) is 4.80. The average molecular weight is 251 g/mol. The highest BCUT2D eigenvalue weighted by atomic mass is 16.5. The highest BCUT2D eigenvalue weighted by Gasteiger charge is 2.45. The minimum Gasteiger partial charge on any atom is -0.384 e. The SMILES string of the molecule is CNC(C#N)(CN1CCC(COC)CC1)C1CC1. The molecule has 2 rings (SSSR count). The van der Waals surface area contributed by atoms with Gasteiger partial charge in [0.25, 0.3) is 0 Å². The third-order valence-electron chi connectivity index (χ3n) is 4.50. The van der Waals surface area contributed by atoms with Gasteiger partial charge in [-0.25, -0.2) is 0 Å². The first kappa shape index (κ1) is 13.8. The zero-order chi connectivity index (χ0) is 13.0. The molecule has 4 heteroatoms. The lowest BCUT2D eigenvalue weighted by molar-refractivity contribution is 0.0883. The lowest BCUT2D eigenvalue weighted by atomic mass is 9.91. The van der Waals surface area contributed by atoms with Crippen LogP contribution in [-0.4, -0.2) is 50.8 Å². The van der Waals surface area contributed by atoms with Crippen molar-refractivity contribution in [2.45, 2.75) is 31.2 Å². The van der Waals surface area contributed by atoms with E-state index in [9.17, 15) is 5.26 Å². The Bertz CT molecular complexity index is 303. The Morgan fingerprint density at radius 3 is 2.44 bits per heavy atom. The molecule has 0 aromatic heterocycles. The van der Waals surface area contributed by atoms with Gasteiger partial charge >= 0.3 is 0 Å². The van der Waals surface area contributed by atoms with E-state index < -0.39 is 0 Å². The predicted molar refractivity (Wildman–Crippen MR) is 71.2 cm³/mol. The first-order chi connectivity index (χ1) is 8.74. The van der Waals surface area contributed by atoms with Crippen LogP contribution in [0.3, 0.4) is 0 Å². The van der Waals surface area contributed by atoms with Crippen molar-refractivity contribution in [3.05, 3.63) is 0 Å². The number of nitriles is 1. The molecule has 1 saturated carbocycles. The van der Waals surface area contributed by atoms with Crippen molar-refractivity contribution in [1.29, 1.82) is 5.26 Å². The number of nitrogens with zero attached hydrogens (tertiary/aromatic N) is 2. The van der Waals surface area contributed by atoms with Crippen LogP contribution in [0.2, 0.25) is 0 Å². The molecule has 0 aromatic carbocycles. The van der Waals surface area contributed by atoms with Gasteiger partial charge in [0.1, 0.15) is 5.54 Å². The van der Waals surface area contributed by atoms with Gasteiger partial charge in [-0.15, -0.1) is 0 Å². The van der Waals surface area contributed by atoms with E-state index in [1.807, 2.05) is 7.05 Å². The van der Waals surface area contributed by atoms with Gasteiger partial charge < -0.3 is 15.0 Å². The second kappa shape index (κ2) is 6.01. The molecule has 1 aliphatic heterocycles. The van der Waals surface area contributed by atoms with Crippen LogP contribution in [-0.2, 0) is 4.74 Å². The molecule has 0 bridgehead atoms. The van der Waals surface area contributed by atoms with Gasteiger partial charge in [-0.1, -0.05) is 0 Å². The summed E-state index contributed by atoms with van der Waals surface area (Å²) in [7, 11) is 3.71. The van der Waals surface area contributed by atoms with Gasteiger partial charge in [0.2, 0.25) is 0 Å². The third kappa shape index (κ3) is 3.03. The van der Waals surface area contributed by atoms with E-state index in [-0.39, 0.29) is 5.54 Å². The quantitative estimate of drug-likeness (QED) is 0.771. The van der Waals surface area contributed by atoms with Gasteiger partial charge in [0.15, 0.2) is 0 Å². The van der Waals surface area contributed by atoms with Crippen LogP contribution >= 0.6 is 0 Å². The summed E-state index contributed by atoms with van der Waals surface area (Å²) in [4.78, 5) is 2.45. The third-order valence-corrected chi connectivity index (χ3v) is 4.50. The highest BCUT2D eigenvalue weighted by molar-refractivity contribution is 5.16. The molecule has 102 valence electrons. The first-order valence-electron chi connectivity index (χ1n) is 7.05. The number of likely N-dealkylation sites (tertiary alicyclic amines) is 1. The van der Waals surface area contributed by atoms with Crippen LogP contribution < -0.4 is 5.32 Å². The molecule has 2 aliphatic rings. The number of likely N-dealkylation sites (N-methyl/N-ethyl adjacent to an activating group) is 1. The Labute approximate surface area is 110 Å². The number of hydrogen-bond donors (Lipinski definition) is 1. The van der Waals surface area contributed by atoms with Crippen LogP contribution in [0.5, 0.6) is 0 Å². The van der Waals surface area contributed by atoms with Gasteiger partial charge in [-0.05, 0) is 57.7 Å². The largest absolute Gasteiger partial charge is 0.384 e. The van der Waals surface area contributed by atoms with Crippen LogP contribution in [0.15, 0.2) is 0 Å². The Morgan fingerprint density at radius 2 is 2.00 bits per heavy atom. The Kier molecular flexibility index (Phi) is 4.60. The van der Waals surface area contributed by atoms with Crippen LogP contribution in [0.4, 0.5) is 0 Å². The lowest BCUT2D eigenvalue weighted by Crippen LogP contribution is -2.54. The predicted octanol–water partition coefficient (Wildman–Crippen LogP) is 1.24. The van der Waals surface area contributed by atoms with Crippen LogP contribution in [0.25, 0.3) is 0 Å². The lowest BCUT2D eigenvalue weighted by Gasteiger charge is -2.37. The van der Waals surface area contributed by atoms with E-state index in [2.05, 4.69) is 16.3 Å². The van der Waals surface area contributed by atoms with Crippen molar-refractivity contribution in [3.63, 3.8) is 0 Å². The molecule has 0 amide bonds. The Balaban J connectivity index is 1.84. The summed E-state index contributed by atoms with van der Waals surface area (Å²) in [5.41, 5.74) is -0.311. The second-order valence-corrected chi connectivity index (χ2v) is 5.78. The fourth-order valence-corrected chi connectivity index (χ4v) is 3.07. The van der Waals surface area contributed by atoms with Crippen molar-refractivity contribution in [1.82, 2.24) is 10.2 Å². The Morgan fingerprint density at radius 1 is 1.33 bits per heavy atom. The summed E-state index contributed by atoms with van der Waals surface area (Å²) < 4.78 is 5.22. The molecule has 0 aromatic rings. The minimum atomic E-state index is -0.311. The van der Waals surface area contributed by atoms with Crippen LogP contribution in [0, 0.1) is 23.2 Å². The molecule has 1 N–H and O–H groups in total. The van der Waals surface area contributed by atoms with Crippen molar-refractivity contribution < 1.29 is 4.74 Å². The molecular weight excluding hydrogens is 226 g/mol. The summed E-state index contributed by atoms with van der Waals surface area (Å²) in [5, 5.41) is 12.8. The number of ether oxygens (including phenoxy) is 1. The number of hydrogen-bond acceptors (Lipinski definition) is 4. The van der Waals surface area contributed by atoms with E-state index in [1.54, 1.807) is 7.11 Å². The van der Waals surface area contributed by atoms with Crippen molar-refractivity contribution in [3.8, 4) is 6.07 Å². The molecule has 1 heterocycles. The van der Waals surface area contributed by atoms with Gasteiger partial charge in [-0.2, -0.15) is 5.26 Å². The van der Waals surface area contributed by atoms with Crippen molar-refractivity contribution in [2.75, 3.05) is 40.4 Å². The number of rotatable bonds is 6. The van der Waals surface area contributed by atoms with E-state index in [1.165, 1.54) is 25.7 Å². The highest BCUT2D eigenvalue weighted by Crippen LogP contribution is 2.40. The molecule has 0 spiro atoms. The van der Waals surface area contributed by atoms with E-state index in [0.29, 0.717) is 11.8 Å². The zero-order valence-corrected chi connectivity index (χ0v) is 11.6. The van der Waals surface area contributed by atoms with Gasteiger partial charge in [-0.3, -0.25) is 0 Å².